The molecule has 2 aromatic heterocycles. The molecule has 0 N–H and O–H groups in total. The van der Waals surface area contributed by atoms with Gasteiger partial charge in [0.25, 0.3) is 6.71 Å². The zero-order chi connectivity index (χ0) is 42.2. The normalized spacial score (nSPS) is 15.9. The molecule has 1 aliphatic carbocycles. The highest BCUT2D eigenvalue weighted by Gasteiger charge is 2.46. The molecule has 0 spiro atoms. The van der Waals surface area contributed by atoms with Crippen LogP contribution in [-0.4, -0.2) is 6.71 Å². The number of hydrogen-bond donors (Lipinski definition) is 0. The summed E-state index contributed by atoms with van der Waals surface area (Å²) in [6, 6.07) is 36.0. The molecule has 10 rings (SSSR count). The van der Waals surface area contributed by atoms with E-state index in [1.807, 2.05) is 22.7 Å². The number of aryl methyl sites for hydroxylation is 2. The number of thiophene rings is 2. The fraction of sp³-hybridized carbons (Fsp3) is 0.309. The van der Waals surface area contributed by atoms with Crippen LogP contribution in [0, 0.1) is 19.8 Å². The highest BCUT2D eigenvalue weighted by atomic mass is 32.1. The number of nitrogens with zero attached hydrogens (tertiary/aromatic N) is 2. The molecule has 0 saturated carbocycles. The zero-order valence-electron chi connectivity index (χ0n) is 37.5. The molecule has 0 amide bonds. The van der Waals surface area contributed by atoms with Crippen molar-refractivity contribution in [3.8, 4) is 11.1 Å². The van der Waals surface area contributed by atoms with Crippen molar-refractivity contribution in [2.75, 3.05) is 9.80 Å². The Hall–Kier alpha value is -4.84. The Bertz CT molecular complexity index is 2880. The minimum atomic E-state index is -0.000337. The van der Waals surface area contributed by atoms with E-state index in [0.717, 1.165) is 6.42 Å². The second kappa shape index (κ2) is 13.6. The van der Waals surface area contributed by atoms with Gasteiger partial charge in [-0.25, -0.2) is 0 Å². The van der Waals surface area contributed by atoms with Gasteiger partial charge in [-0.3, -0.25) is 0 Å². The number of anilines is 6. The first-order valence-electron chi connectivity index (χ1n) is 21.8. The van der Waals surface area contributed by atoms with Crippen LogP contribution in [0.1, 0.15) is 107 Å². The lowest BCUT2D eigenvalue weighted by atomic mass is 9.33. The van der Waals surface area contributed by atoms with E-state index in [4.69, 9.17) is 0 Å². The molecule has 0 saturated heterocycles. The molecule has 3 aliphatic rings. The van der Waals surface area contributed by atoms with Crippen LogP contribution in [0.3, 0.4) is 0 Å². The van der Waals surface area contributed by atoms with Crippen LogP contribution < -0.4 is 26.2 Å². The van der Waals surface area contributed by atoms with Crippen molar-refractivity contribution >= 4 is 95.4 Å². The average molecular weight is 821 g/mol. The van der Waals surface area contributed by atoms with Crippen LogP contribution in [-0.2, 0) is 22.7 Å². The number of hydrogen-bond acceptors (Lipinski definition) is 4. The maximum atomic E-state index is 2.66. The van der Waals surface area contributed by atoms with Crippen molar-refractivity contribution in [1.29, 1.82) is 0 Å². The molecule has 0 radical (unpaired) electrons. The molecular weight excluding hydrogens is 764 g/mol. The van der Waals surface area contributed by atoms with E-state index in [0.29, 0.717) is 5.92 Å². The highest BCUT2D eigenvalue weighted by Crippen LogP contribution is 2.50. The van der Waals surface area contributed by atoms with Gasteiger partial charge < -0.3 is 9.80 Å². The first-order valence-corrected chi connectivity index (χ1v) is 23.5. The summed E-state index contributed by atoms with van der Waals surface area (Å²) in [6.45, 7) is 28.1. The lowest BCUT2D eigenvalue weighted by molar-refractivity contribution is 0.590. The number of benzene rings is 5. The third-order valence-electron chi connectivity index (χ3n) is 13.4. The van der Waals surface area contributed by atoms with E-state index in [1.165, 1.54) is 109 Å². The lowest BCUT2D eigenvalue weighted by Gasteiger charge is -2.44. The number of fused-ring (bicyclic) bond motifs is 7. The van der Waals surface area contributed by atoms with Crippen molar-refractivity contribution in [2.45, 2.75) is 106 Å². The fourth-order valence-corrected chi connectivity index (χ4v) is 12.4. The largest absolute Gasteiger partial charge is 0.311 e. The summed E-state index contributed by atoms with van der Waals surface area (Å²) in [7, 11) is 0. The molecule has 5 aromatic carbocycles. The first-order chi connectivity index (χ1) is 28.4. The fourth-order valence-electron chi connectivity index (χ4n) is 10.1. The molecule has 2 aliphatic heterocycles. The van der Waals surface area contributed by atoms with E-state index >= 15 is 0 Å². The molecule has 2 nitrogen and oxygen atoms in total. The molecule has 5 heteroatoms. The van der Waals surface area contributed by atoms with Crippen LogP contribution in [0.2, 0.25) is 0 Å². The quantitative estimate of drug-likeness (QED) is 0.164. The summed E-state index contributed by atoms with van der Waals surface area (Å²) < 4.78 is 1.35. The third kappa shape index (κ3) is 6.17. The Labute approximate surface area is 366 Å². The molecule has 60 heavy (non-hydrogen) atoms. The maximum absolute atomic E-state index is 2.66. The molecule has 7 aromatic rings. The third-order valence-corrected chi connectivity index (χ3v) is 15.5. The predicted molar refractivity (Wildman–Crippen MR) is 267 cm³/mol. The van der Waals surface area contributed by atoms with Crippen molar-refractivity contribution < 1.29 is 0 Å². The highest BCUT2D eigenvalue weighted by molar-refractivity contribution is 7.26. The van der Waals surface area contributed by atoms with Gasteiger partial charge in [-0.1, -0.05) is 118 Å². The van der Waals surface area contributed by atoms with Crippen LogP contribution in [0.5, 0.6) is 0 Å². The SMILES string of the molecule is Cc1cc(-c2csc3c2CC(C)C=C3)cc(C)c1N1c2cccc3c2B(c2cc(C(C)(C)C)ccc2N3c2ccc(C(C)(C)C)cc2)c2c1sc1ccc(C(C)(C)C)cc21. The van der Waals surface area contributed by atoms with E-state index < -0.39 is 0 Å². The van der Waals surface area contributed by atoms with Gasteiger partial charge in [-0.2, -0.15) is 0 Å². The molecular formula is C55H57BN2S2. The number of rotatable bonds is 3. The van der Waals surface area contributed by atoms with E-state index in [9.17, 15) is 0 Å². The van der Waals surface area contributed by atoms with Crippen LogP contribution >= 0.6 is 22.7 Å². The zero-order valence-corrected chi connectivity index (χ0v) is 39.1. The molecule has 4 heterocycles. The second-order valence-corrected chi connectivity index (χ2v) is 22.8. The standard InChI is InChI=1S/C55H57BN2S2/c1-32-16-24-47-40(26-32)42(31-59-47)35-27-33(2)51(34(3)28-35)58-46-15-13-14-45-50(46)56(49-41-29-37(54(7,8)9)20-25-48(41)60-52(49)58)43-30-38(55(10,11)12)19-23-44(43)57(45)39-21-17-36(18-22-39)53(4,5)6/h13-25,27-32H,26H2,1-12H3. The van der Waals surface area contributed by atoms with Crippen LogP contribution in [0.4, 0.5) is 33.4 Å². The predicted octanol–water partition coefficient (Wildman–Crippen LogP) is 14.4. The van der Waals surface area contributed by atoms with Crippen molar-refractivity contribution in [3.05, 3.63) is 141 Å². The van der Waals surface area contributed by atoms with Crippen molar-refractivity contribution in [2.24, 2.45) is 5.92 Å². The Balaban J connectivity index is 1.26. The minimum Gasteiger partial charge on any atom is -0.311 e. The second-order valence-electron chi connectivity index (χ2n) is 20.9. The summed E-state index contributed by atoms with van der Waals surface area (Å²) in [5.41, 5.74) is 21.5. The minimum absolute atomic E-state index is 0.000337. The molecule has 1 unspecified atom stereocenters. The Morgan fingerprint density at radius 3 is 1.93 bits per heavy atom. The Morgan fingerprint density at radius 1 is 0.650 bits per heavy atom. The van der Waals surface area contributed by atoms with Gasteiger partial charge in [0.15, 0.2) is 0 Å². The molecule has 0 bridgehead atoms. The van der Waals surface area contributed by atoms with Gasteiger partial charge in [0.1, 0.15) is 0 Å². The van der Waals surface area contributed by atoms with Crippen molar-refractivity contribution in [1.82, 2.24) is 0 Å². The summed E-state index contributed by atoms with van der Waals surface area (Å²) in [4.78, 5) is 6.63. The van der Waals surface area contributed by atoms with Gasteiger partial charge in [-0.05, 0) is 169 Å². The average Bonchev–Trinajstić information content (AvgIpc) is 3.78. The van der Waals surface area contributed by atoms with Gasteiger partial charge >= 0.3 is 0 Å². The van der Waals surface area contributed by atoms with E-state index in [2.05, 4.69) is 201 Å². The van der Waals surface area contributed by atoms with Gasteiger partial charge in [0, 0.05) is 32.3 Å². The maximum Gasteiger partial charge on any atom is 0.254 e. The summed E-state index contributed by atoms with van der Waals surface area (Å²) in [6.07, 6.45) is 5.81. The first kappa shape index (κ1) is 39.3. The summed E-state index contributed by atoms with van der Waals surface area (Å²) in [5, 5.41) is 5.11. The Morgan fingerprint density at radius 2 is 1.27 bits per heavy atom. The summed E-state index contributed by atoms with van der Waals surface area (Å²) >= 11 is 3.85. The van der Waals surface area contributed by atoms with E-state index in [1.54, 1.807) is 0 Å². The lowest BCUT2D eigenvalue weighted by Crippen LogP contribution is -2.61. The molecule has 302 valence electrons. The Kier molecular flexibility index (Phi) is 8.90. The molecule has 1 atom stereocenters. The van der Waals surface area contributed by atoms with Crippen LogP contribution in [0.15, 0.2) is 102 Å². The molecule has 0 fully saturated rings. The van der Waals surface area contributed by atoms with Crippen molar-refractivity contribution in [3.63, 3.8) is 0 Å². The number of allylic oxidation sites excluding steroid dienone is 1. The smallest absolute Gasteiger partial charge is 0.254 e. The summed E-state index contributed by atoms with van der Waals surface area (Å²) in [5.74, 6) is 0.559. The van der Waals surface area contributed by atoms with Gasteiger partial charge in [-0.15, -0.1) is 22.7 Å². The topological polar surface area (TPSA) is 6.48 Å². The van der Waals surface area contributed by atoms with Gasteiger partial charge in [0.2, 0.25) is 0 Å². The van der Waals surface area contributed by atoms with Crippen LogP contribution in [0.25, 0.3) is 27.3 Å². The van der Waals surface area contributed by atoms with E-state index in [-0.39, 0.29) is 23.0 Å². The monoisotopic (exact) mass is 820 g/mol. The van der Waals surface area contributed by atoms with Gasteiger partial charge in [0.05, 0.1) is 10.7 Å².